The number of carbonyl (C=O) groups excluding carboxylic acids is 1. The van der Waals surface area contributed by atoms with Gasteiger partial charge in [0.05, 0.1) is 12.7 Å². The number of aromatic nitrogens is 1. The highest BCUT2D eigenvalue weighted by atomic mass is 16.5. The van der Waals surface area contributed by atoms with Crippen molar-refractivity contribution >= 4 is 5.91 Å². The van der Waals surface area contributed by atoms with Crippen LogP contribution in [0.4, 0.5) is 0 Å². The second kappa shape index (κ2) is 6.65. The SMILES string of the molecule is COC[C@@H]1[C@H](NC(=O)c2ccc(-c3ccccc3)n2C)[C@H]2CCO[C@H]21. The number of amides is 1. The van der Waals surface area contributed by atoms with Crippen LogP contribution >= 0.6 is 0 Å². The number of methoxy groups -OCH3 is 1. The predicted octanol–water partition coefficient (Wildman–Crippen LogP) is 2.47. The maximum atomic E-state index is 12.8. The summed E-state index contributed by atoms with van der Waals surface area (Å²) >= 11 is 0. The van der Waals surface area contributed by atoms with Gasteiger partial charge in [0.2, 0.25) is 0 Å². The molecular weight excluding hydrogens is 316 g/mol. The van der Waals surface area contributed by atoms with Crippen molar-refractivity contribution in [1.29, 1.82) is 0 Å². The van der Waals surface area contributed by atoms with Crippen molar-refractivity contribution in [3.63, 3.8) is 0 Å². The lowest BCUT2D eigenvalue weighted by Crippen LogP contribution is -2.62. The van der Waals surface area contributed by atoms with E-state index in [1.54, 1.807) is 7.11 Å². The molecule has 2 aromatic rings. The number of rotatable bonds is 5. The Morgan fingerprint density at radius 1 is 1.28 bits per heavy atom. The highest BCUT2D eigenvalue weighted by Crippen LogP contribution is 2.43. The number of carbonyl (C=O) groups is 1. The number of nitrogens with zero attached hydrogens (tertiary/aromatic N) is 1. The summed E-state index contributed by atoms with van der Waals surface area (Å²) in [6.07, 6.45) is 1.25. The van der Waals surface area contributed by atoms with Crippen LogP contribution in [0.3, 0.4) is 0 Å². The lowest BCUT2D eigenvalue weighted by atomic mass is 9.67. The van der Waals surface area contributed by atoms with E-state index in [1.165, 1.54) is 0 Å². The maximum absolute atomic E-state index is 12.8. The Morgan fingerprint density at radius 3 is 2.84 bits per heavy atom. The average molecular weight is 340 g/mol. The topological polar surface area (TPSA) is 52.5 Å². The molecule has 0 spiro atoms. The molecule has 2 aliphatic rings. The van der Waals surface area contributed by atoms with E-state index in [4.69, 9.17) is 9.47 Å². The minimum absolute atomic E-state index is 0.0267. The Labute approximate surface area is 147 Å². The van der Waals surface area contributed by atoms with Crippen molar-refractivity contribution in [2.75, 3.05) is 20.3 Å². The van der Waals surface area contributed by atoms with E-state index in [2.05, 4.69) is 17.4 Å². The summed E-state index contributed by atoms with van der Waals surface area (Å²) in [5, 5.41) is 3.22. The van der Waals surface area contributed by atoms with E-state index in [0.717, 1.165) is 24.3 Å². The van der Waals surface area contributed by atoms with Gasteiger partial charge >= 0.3 is 0 Å². The van der Waals surface area contributed by atoms with Crippen LogP contribution in [0.5, 0.6) is 0 Å². The second-order valence-corrected chi connectivity index (χ2v) is 6.94. The zero-order valence-electron chi connectivity index (χ0n) is 14.6. The molecule has 1 aromatic carbocycles. The summed E-state index contributed by atoms with van der Waals surface area (Å²) in [6.45, 7) is 1.40. The van der Waals surface area contributed by atoms with Gasteiger partial charge in [0.25, 0.3) is 5.91 Å². The number of hydrogen-bond donors (Lipinski definition) is 1. The summed E-state index contributed by atoms with van der Waals surface area (Å²) in [5.41, 5.74) is 2.82. The van der Waals surface area contributed by atoms with Gasteiger partial charge in [-0.2, -0.15) is 0 Å². The fourth-order valence-corrected chi connectivity index (χ4v) is 4.30. The van der Waals surface area contributed by atoms with Gasteiger partial charge in [-0.3, -0.25) is 4.79 Å². The van der Waals surface area contributed by atoms with Gasteiger partial charge in [-0.25, -0.2) is 0 Å². The van der Waals surface area contributed by atoms with Crippen LogP contribution in [0.2, 0.25) is 0 Å². The van der Waals surface area contributed by atoms with Crippen molar-refractivity contribution in [2.45, 2.75) is 18.6 Å². The first kappa shape index (κ1) is 16.4. The number of nitrogens with one attached hydrogen (secondary N) is 1. The largest absolute Gasteiger partial charge is 0.384 e. The highest BCUT2D eigenvalue weighted by Gasteiger charge is 2.54. The number of hydrogen-bond acceptors (Lipinski definition) is 3. The Balaban J connectivity index is 1.51. The van der Waals surface area contributed by atoms with Gasteiger partial charge < -0.3 is 19.4 Å². The van der Waals surface area contributed by atoms with E-state index in [-0.39, 0.29) is 24.0 Å². The first-order valence-corrected chi connectivity index (χ1v) is 8.83. The second-order valence-electron chi connectivity index (χ2n) is 6.94. The normalized spacial score (nSPS) is 27.6. The zero-order valence-corrected chi connectivity index (χ0v) is 14.6. The molecule has 1 aliphatic heterocycles. The van der Waals surface area contributed by atoms with E-state index >= 15 is 0 Å². The van der Waals surface area contributed by atoms with Crippen LogP contribution < -0.4 is 5.32 Å². The van der Waals surface area contributed by atoms with E-state index in [9.17, 15) is 4.79 Å². The fraction of sp³-hybridized carbons (Fsp3) is 0.450. The summed E-state index contributed by atoms with van der Waals surface area (Å²) in [6, 6.07) is 14.1. The molecule has 0 radical (unpaired) electrons. The molecule has 1 saturated heterocycles. The maximum Gasteiger partial charge on any atom is 0.268 e. The number of benzene rings is 1. The third-order valence-electron chi connectivity index (χ3n) is 5.61. The Morgan fingerprint density at radius 2 is 2.08 bits per heavy atom. The van der Waals surface area contributed by atoms with Crippen LogP contribution in [0, 0.1) is 11.8 Å². The molecule has 1 saturated carbocycles. The first-order chi connectivity index (χ1) is 12.2. The van der Waals surface area contributed by atoms with Gasteiger partial charge in [-0.15, -0.1) is 0 Å². The summed E-state index contributed by atoms with van der Waals surface area (Å²) in [5.74, 6) is 0.634. The molecule has 1 aliphatic carbocycles. The zero-order chi connectivity index (χ0) is 17.4. The fourth-order valence-electron chi connectivity index (χ4n) is 4.30. The molecule has 4 rings (SSSR count). The quantitative estimate of drug-likeness (QED) is 0.910. The number of ether oxygens (including phenoxy) is 2. The van der Waals surface area contributed by atoms with Gasteiger partial charge in [0, 0.05) is 44.3 Å². The average Bonchev–Trinajstić information content (AvgIpc) is 3.22. The molecule has 25 heavy (non-hydrogen) atoms. The minimum atomic E-state index is -0.0267. The lowest BCUT2D eigenvalue weighted by molar-refractivity contribution is -0.0810. The van der Waals surface area contributed by atoms with Crippen molar-refractivity contribution in [2.24, 2.45) is 18.9 Å². The van der Waals surface area contributed by atoms with Gasteiger partial charge in [-0.05, 0) is 24.1 Å². The smallest absolute Gasteiger partial charge is 0.268 e. The van der Waals surface area contributed by atoms with E-state index in [0.29, 0.717) is 18.2 Å². The van der Waals surface area contributed by atoms with Gasteiger partial charge in [0.15, 0.2) is 0 Å². The Hall–Kier alpha value is -2.11. The minimum Gasteiger partial charge on any atom is -0.384 e. The Kier molecular flexibility index (Phi) is 4.36. The molecule has 1 aromatic heterocycles. The van der Waals surface area contributed by atoms with Gasteiger partial charge in [-0.1, -0.05) is 30.3 Å². The standard InChI is InChI=1S/C20H24N2O3/c1-22-16(13-6-4-3-5-7-13)8-9-17(22)20(23)21-18-14-10-11-25-19(14)15(18)12-24-2/h3-9,14-15,18-19H,10-12H2,1-2H3,(H,21,23)/t14-,15-,18-,19-/m1/s1. The molecule has 0 unspecified atom stereocenters. The van der Waals surface area contributed by atoms with Crippen molar-refractivity contribution < 1.29 is 14.3 Å². The first-order valence-electron chi connectivity index (χ1n) is 8.83. The summed E-state index contributed by atoms with van der Waals surface area (Å²) in [4.78, 5) is 12.8. The summed E-state index contributed by atoms with van der Waals surface area (Å²) in [7, 11) is 3.64. The molecule has 1 amide bonds. The highest BCUT2D eigenvalue weighted by molar-refractivity contribution is 5.94. The predicted molar refractivity (Wildman–Crippen MR) is 95.3 cm³/mol. The molecule has 4 atom stereocenters. The molecule has 2 heterocycles. The van der Waals surface area contributed by atoms with Crippen molar-refractivity contribution in [3.8, 4) is 11.3 Å². The molecule has 0 bridgehead atoms. The van der Waals surface area contributed by atoms with Crippen LogP contribution in [0.15, 0.2) is 42.5 Å². The number of fused-ring (bicyclic) bond motifs is 1. The summed E-state index contributed by atoms with van der Waals surface area (Å²) < 4.78 is 13.1. The van der Waals surface area contributed by atoms with E-state index in [1.807, 2.05) is 41.9 Å². The van der Waals surface area contributed by atoms with Crippen LogP contribution in [0.25, 0.3) is 11.3 Å². The molecular formula is C20H24N2O3. The molecule has 1 N–H and O–H groups in total. The molecule has 2 fully saturated rings. The molecule has 5 heteroatoms. The van der Waals surface area contributed by atoms with Gasteiger partial charge in [0.1, 0.15) is 5.69 Å². The lowest BCUT2D eigenvalue weighted by Gasteiger charge is -2.47. The monoisotopic (exact) mass is 340 g/mol. The third kappa shape index (κ3) is 2.77. The molecule has 132 valence electrons. The van der Waals surface area contributed by atoms with Crippen LogP contribution in [-0.2, 0) is 16.5 Å². The Bertz CT molecular complexity index is 756. The van der Waals surface area contributed by atoms with E-state index < -0.39 is 0 Å². The van der Waals surface area contributed by atoms with Crippen molar-refractivity contribution in [1.82, 2.24) is 9.88 Å². The van der Waals surface area contributed by atoms with Crippen LogP contribution in [0.1, 0.15) is 16.9 Å². The van der Waals surface area contributed by atoms with Crippen molar-refractivity contribution in [3.05, 3.63) is 48.2 Å². The van der Waals surface area contributed by atoms with Crippen LogP contribution in [-0.4, -0.2) is 42.9 Å². The molecule has 5 nitrogen and oxygen atoms in total. The third-order valence-corrected chi connectivity index (χ3v) is 5.61.